The fourth-order valence-corrected chi connectivity index (χ4v) is 2.38. The van der Waals surface area contributed by atoms with Gasteiger partial charge in [0.25, 0.3) is 0 Å². The van der Waals surface area contributed by atoms with Crippen molar-refractivity contribution in [1.82, 2.24) is 5.32 Å². The lowest BCUT2D eigenvalue weighted by molar-refractivity contribution is -0.144. The van der Waals surface area contributed by atoms with Crippen LogP contribution in [0, 0.1) is 5.92 Å². The Bertz CT molecular complexity index is 559. The van der Waals surface area contributed by atoms with Gasteiger partial charge in [-0.2, -0.15) is 0 Å². The summed E-state index contributed by atoms with van der Waals surface area (Å²) in [5.74, 6) is 0.0302. The zero-order valence-corrected chi connectivity index (χ0v) is 14.9. The highest BCUT2D eigenvalue weighted by Gasteiger charge is 2.11. The van der Waals surface area contributed by atoms with Crippen LogP contribution in [0.2, 0.25) is 0 Å². The van der Waals surface area contributed by atoms with E-state index in [1.54, 1.807) is 13.8 Å². The van der Waals surface area contributed by atoms with Gasteiger partial charge in [0.15, 0.2) is 5.17 Å². The zero-order valence-electron chi connectivity index (χ0n) is 14.0. The molecule has 0 saturated heterocycles. The Morgan fingerprint density at radius 2 is 2.04 bits per heavy atom. The van der Waals surface area contributed by atoms with Gasteiger partial charge >= 0.3 is 5.97 Å². The van der Waals surface area contributed by atoms with E-state index in [9.17, 15) is 9.59 Å². The van der Waals surface area contributed by atoms with Gasteiger partial charge in [-0.3, -0.25) is 9.59 Å². The molecule has 0 spiro atoms. The Labute approximate surface area is 141 Å². The number of aliphatic imine (C=N–C) groups is 1. The van der Waals surface area contributed by atoms with E-state index >= 15 is 0 Å². The second kappa shape index (κ2) is 10.0. The lowest BCUT2D eigenvalue weighted by Crippen LogP contribution is -2.20. The number of nitrogens with one attached hydrogen (secondary N) is 1. The molecule has 0 aliphatic heterocycles. The molecule has 1 atom stereocenters. The van der Waals surface area contributed by atoms with Crippen LogP contribution in [0.5, 0.6) is 0 Å². The number of nitrogens with zero attached hydrogens (tertiary/aromatic N) is 1. The summed E-state index contributed by atoms with van der Waals surface area (Å²) in [7, 11) is 0. The first-order valence-electron chi connectivity index (χ1n) is 7.66. The van der Waals surface area contributed by atoms with Crippen molar-refractivity contribution < 1.29 is 14.3 Å². The summed E-state index contributed by atoms with van der Waals surface area (Å²) in [6, 6.07) is 7.83. The number of esters is 1. The van der Waals surface area contributed by atoms with Crippen LogP contribution >= 0.6 is 11.8 Å². The molecule has 1 unspecified atom stereocenters. The average Bonchev–Trinajstić information content (AvgIpc) is 2.54. The van der Waals surface area contributed by atoms with E-state index in [-0.39, 0.29) is 17.8 Å². The van der Waals surface area contributed by atoms with Crippen LogP contribution < -0.4 is 5.32 Å². The predicted molar refractivity (Wildman–Crippen MR) is 94.8 cm³/mol. The van der Waals surface area contributed by atoms with Crippen LogP contribution in [0.25, 0.3) is 0 Å². The molecule has 0 aromatic heterocycles. The van der Waals surface area contributed by atoms with Gasteiger partial charge in [-0.05, 0) is 35.7 Å². The summed E-state index contributed by atoms with van der Waals surface area (Å²) < 4.78 is 5.10. The monoisotopic (exact) mass is 336 g/mol. The molecule has 126 valence electrons. The first kappa shape index (κ1) is 19.2. The minimum atomic E-state index is -0.275. The Morgan fingerprint density at radius 1 is 1.35 bits per heavy atom. The molecule has 0 heterocycles. The maximum Gasteiger partial charge on any atom is 0.309 e. The number of amides is 1. The van der Waals surface area contributed by atoms with Gasteiger partial charge in [0.2, 0.25) is 6.41 Å². The largest absolute Gasteiger partial charge is 0.454 e. The van der Waals surface area contributed by atoms with Crippen molar-refractivity contribution in [1.29, 1.82) is 0 Å². The minimum absolute atomic E-state index is 0.113. The lowest BCUT2D eigenvalue weighted by atomic mass is 9.97. The summed E-state index contributed by atoms with van der Waals surface area (Å²) in [5.41, 5.74) is 1.94. The smallest absolute Gasteiger partial charge is 0.309 e. The van der Waals surface area contributed by atoms with Crippen molar-refractivity contribution in [2.24, 2.45) is 10.9 Å². The molecule has 0 fully saturated rings. The summed E-state index contributed by atoms with van der Waals surface area (Å²) in [6.07, 6.45) is 1.57. The SMILES string of the molecule is CCC(C)c1ccccc1N=C(NC=O)SCOC(=O)C(C)C. The van der Waals surface area contributed by atoms with E-state index in [0.29, 0.717) is 17.5 Å². The molecule has 0 aliphatic carbocycles. The lowest BCUT2D eigenvalue weighted by Gasteiger charge is -2.13. The number of rotatable bonds is 7. The van der Waals surface area contributed by atoms with Crippen LogP contribution in [0.15, 0.2) is 29.3 Å². The summed E-state index contributed by atoms with van der Waals surface area (Å²) in [6.45, 7) is 7.80. The number of amidine groups is 1. The van der Waals surface area contributed by atoms with Gasteiger partial charge in [-0.15, -0.1) is 0 Å². The number of thioether (sulfide) groups is 1. The van der Waals surface area contributed by atoms with Crippen LogP contribution in [0.4, 0.5) is 5.69 Å². The topological polar surface area (TPSA) is 67.8 Å². The number of para-hydroxylation sites is 1. The number of benzene rings is 1. The minimum Gasteiger partial charge on any atom is -0.454 e. The molecule has 1 rings (SSSR count). The van der Waals surface area contributed by atoms with Crippen LogP contribution in [0.1, 0.15) is 45.6 Å². The van der Waals surface area contributed by atoms with Crippen LogP contribution in [-0.4, -0.2) is 23.5 Å². The van der Waals surface area contributed by atoms with E-state index in [2.05, 4.69) is 24.2 Å². The molecule has 0 bridgehead atoms. The van der Waals surface area contributed by atoms with Gasteiger partial charge in [-0.25, -0.2) is 4.99 Å². The number of hydrogen-bond acceptors (Lipinski definition) is 5. The summed E-state index contributed by atoms with van der Waals surface area (Å²) in [4.78, 5) is 26.7. The van der Waals surface area contributed by atoms with Crippen LogP contribution in [0.3, 0.4) is 0 Å². The molecular formula is C17H24N2O3S. The predicted octanol–water partition coefficient (Wildman–Crippen LogP) is 3.82. The molecule has 1 N–H and O–H groups in total. The Hall–Kier alpha value is -1.82. The molecule has 0 aliphatic rings. The standard InChI is InChI=1S/C17H24N2O3S/c1-5-13(4)14-8-6-7-9-15(14)19-17(18-10-20)23-11-22-16(21)12(2)3/h6-10,12-13H,5,11H2,1-4H3,(H,18,19,20). The van der Waals surface area contributed by atoms with Crippen LogP contribution in [-0.2, 0) is 14.3 Å². The molecule has 0 radical (unpaired) electrons. The third-order valence-corrected chi connectivity index (χ3v) is 4.07. The first-order chi connectivity index (χ1) is 11.0. The summed E-state index contributed by atoms with van der Waals surface area (Å²) >= 11 is 1.18. The van der Waals surface area contributed by atoms with E-state index in [0.717, 1.165) is 17.7 Å². The van der Waals surface area contributed by atoms with E-state index in [1.165, 1.54) is 11.8 Å². The molecule has 1 amide bonds. The Kier molecular flexibility index (Phi) is 8.40. The van der Waals surface area contributed by atoms with Gasteiger partial charge < -0.3 is 10.1 Å². The third kappa shape index (κ3) is 6.44. The second-order valence-electron chi connectivity index (χ2n) is 5.43. The maximum atomic E-state index is 11.5. The quantitative estimate of drug-likeness (QED) is 0.270. The van der Waals surface area contributed by atoms with Gasteiger partial charge in [0.1, 0.15) is 5.94 Å². The highest BCUT2D eigenvalue weighted by Crippen LogP contribution is 2.29. The molecule has 6 heteroatoms. The maximum absolute atomic E-state index is 11.5. The van der Waals surface area contributed by atoms with Crippen molar-refractivity contribution in [3.05, 3.63) is 29.8 Å². The second-order valence-corrected chi connectivity index (χ2v) is 6.34. The number of carbonyl (C=O) groups is 2. The molecule has 1 aromatic rings. The van der Waals surface area contributed by atoms with Gasteiger partial charge in [0, 0.05) is 0 Å². The number of carbonyl (C=O) groups excluding carboxylic acids is 2. The Morgan fingerprint density at radius 3 is 2.65 bits per heavy atom. The third-order valence-electron chi connectivity index (χ3n) is 3.35. The van der Waals surface area contributed by atoms with Gasteiger partial charge in [-0.1, -0.05) is 45.9 Å². The van der Waals surface area contributed by atoms with E-state index in [1.807, 2.05) is 24.3 Å². The molecule has 5 nitrogen and oxygen atoms in total. The van der Waals surface area contributed by atoms with Gasteiger partial charge in [0.05, 0.1) is 11.6 Å². The molecule has 23 heavy (non-hydrogen) atoms. The highest BCUT2D eigenvalue weighted by molar-refractivity contribution is 8.13. The average molecular weight is 336 g/mol. The zero-order chi connectivity index (χ0) is 17.2. The fraction of sp³-hybridized carbons (Fsp3) is 0.471. The van der Waals surface area contributed by atoms with Crippen molar-refractivity contribution >= 4 is 35.0 Å². The number of hydrogen-bond donors (Lipinski definition) is 1. The normalized spacial score (nSPS) is 12.8. The fourth-order valence-electron chi connectivity index (χ4n) is 1.80. The Balaban J connectivity index is 2.86. The van der Waals surface area contributed by atoms with Crippen molar-refractivity contribution in [2.45, 2.75) is 40.0 Å². The van der Waals surface area contributed by atoms with Crippen molar-refractivity contribution in [3.8, 4) is 0 Å². The van der Waals surface area contributed by atoms with E-state index in [4.69, 9.17) is 4.74 Å². The molecule has 0 saturated carbocycles. The number of ether oxygens (including phenoxy) is 1. The van der Waals surface area contributed by atoms with Crippen molar-refractivity contribution in [2.75, 3.05) is 5.94 Å². The highest BCUT2D eigenvalue weighted by atomic mass is 32.2. The molecule has 1 aromatic carbocycles. The molecular weight excluding hydrogens is 312 g/mol. The summed E-state index contributed by atoms with van der Waals surface area (Å²) in [5, 5.41) is 2.97. The first-order valence-corrected chi connectivity index (χ1v) is 8.65. The van der Waals surface area contributed by atoms with Crippen molar-refractivity contribution in [3.63, 3.8) is 0 Å². The van der Waals surface area contributed by atoms with E-state index < -0.39 is 0 Å².